The lowest BCUT2D eigenvalue weighted by molar-refractivity contribution is -0.114. The van der Waals surface area contributed by atoms with Crippen molar-refractivity contribution in [3.05, 3.63) is 24.3 Å². The van der Waals surface area contributed by atoms with Crippen LogP contribution in [0.5, 0.6) is 0 Å². The van der Waals surface area contributed by atoms with E-state index in [0.29, 0.717) is 5.69 Å². The minimum absolute atomic E-state index is 0.0115. The highest BCUT2D eigenvalue weighted by Crippen LogP contribution is 2.18. The number of anilines is 1. The molecule has 0 saturated carbocycles. The van der Waals surface area contributed by atoms with Gasteiger partial charge in [0.25, 0.3) is 0 Å². The molecule has 0 aliphatic rings. The second kappa shape index (κ2) is 5.39. The van der Waals surface area contributed by atoms with E-state index >= 15 is 0 Å². The molecule has 0 heterocycles. The van der Waals surface area contributed by atoms with Crippen LogP contribution in [-0.2, 0) is 9.59 Å². The average molecular weight is 232 g/mol. The molecule has 0 spiro atoms. The third-order valence-corrected chi connectivity index (χ3v) is 2.27. The Labute approximate surface area is 101 Å². The summed E-state index contributed by atoms with van der Waals surface area (Å²) in [4.78, 5) is 28.4. The van der Waals surface area contributed by atoms with Crippen molar-refractivity contribution in [2.45, 2.75) is 13.8 Å². The Morgan fingerprint density at radius 2 is 1.47 bits per heavy atom. The Hall–Kier alpha value is -1.97. The maximum atomic E-state index is 11.2. The van der Waals surface area contributed by atoms with Gasteiger partial charge in [0.05, 0.1) is 5.69 Å². The lowest BCUT2D eigenvalue weighted by Crippen LogP contribution is -2.18. The van der Waals surface area contributed by atoms with Crippen molar-refractivity contribution in [3.63, 3.8) is 0 Å². The number of carbonyl (C=O) groups excluding carboxylic acids is 2. The quantitative estimate of drug-likeness (QED) is 0.589. The fraction of sp³-hybridized carbons (Fsp3) is 0.308. The third kappa shape index (κ3) is 3.52. The van der Waals surface area contributed by atoms with Crippen LogP contribution < -0.4 is 4.90 Å². The van der Waals surface area contributed by atoms with E-state index < -0.39 is 0 Å². The van der Waals surface area contributed by atoms with Crippen LogP contribution in [-0.4, -0.2) is 31.4 Å². The molecule has 4 nitrogen and oxygen atoms in total. The smallest absolute Gasteiger partial charge is 0.181 e. The minimum Gasteiger partial charge on any atom is -0.378 e. The van der Waals surface area contributed by atoms with Gasteiger partial charge in [0.15, 0.2) is 11.6 Å². The summed E-state index contributed by atoms with van der Waals surface area (Å²) in [6.07, 6.45) is 0. The molecule has 0 radical (unpaired) electrons. The summed E-state index contributed by atoms with van der Waals surface area (Å²) in [5.41, 5.74) is 1.63. The molecule has 0 aliphatic heterocycles. The summed E-state index contributed by atoms with van der Waals surface area (Å²) in [7, 11) is 3.88. The molecule has 0 unspecified atom stereocenters. The Morgan fingerprint density at radius 1 is 1.00 bits per heavy atom. The van der Waals surface area contributed by atoms with Crippen molar-refractivity contribution in [1.29, 1.82) is 0 Å². The number of hydrogen-bond donors (Lipinski definition) is 0. The van der Waals surface area contributed by atoms with Crippen molar-refractivity contribution in [2.75, 3.05) is 19.0 Å². The molecule has 4 heteroatoms. The number of hydrogen-bond acceptors (Lipinski definition) is 4. The monoisotopic (exact) mass is 232 g/mol. The fourth-order valence-corrected chi connectivity index (χ4v) is 1.36. The molecule has 0 aliphatic carbocycles. The lowest BCUT2D eigenvalue weighted by atomic mass is 10.2. The summed E-state index contributed by atoms with van der Waals surface area (Å²) >= 11 is 0. The fourth-order valence-electron chi connectivity index (χ4n) is 1.36. The van der Waals surface area contributed by atoms with Gasteiger partial charge in [-0.05, 0) is 24.3 Å². The molecular formula is C13H16N2O2. The molecule has 1 aromatic carbocycles. The van der Waals surface area contributed by atoms with Crippen LogP contribution in [0.3, 0.4) is 0 Å². The zero-order valence-electron chi connectivity index (χ0n) is 10.5. The van der Waals surface area contributed by atoms with E-state index in [1.165, 1.54) is 13.8 Å². The number of ketones is 2. The van der Waals surface area contributed by atoms with E-state index in [-0.39, 0.29) is 17.3 Å². The first-order valence-electron chi connectivity index (χ1n) is 5.29. The van der Waals surface area contributed by atoms with E-state index in [2.05, 4.69) is 4.99 Å². The van der Waals surface area contributed by atoms with Crippen molar-refractivity contribution < 1.29 is 9.59 Å². The van der Waals surface area contributed by atoms with Gasteiger partial charge in [-0.15, -0.1) is 0 Å². The van der Waals surface area contributed by atoms with Gasteiger partial charge in [0, 0.05) is 33.6 Å². The highest BCUT2D eigenvalue weighted by molar-refractivity contribution is 6.65. The van der Waals surface area contributed by atoms with Crippen LogP contribution >= 0.6 is 0 Å². The summed E-state index contributed by atoms with van der Waals surface area (Å²) in [5.74, 6) is -0.622. The highest BCUT2D eigenvalue weighted by Gasteiger charge is 2.11. The van der Waals surface area contributed by atoms with E-state index in [0.717, 1.165) is 5.69 Å². The molecule has 0 atom stereocenters. The van der Waals surface area contributed by atoms with Gasteiger partial charge < -0.3 is 4.90 Å². The number of Topliss-reactive ketones (excluding diaryl/α,β-unsaturated/α-hetero) is 2. The summed E-state index contributed by atoms with van der Waals surface area (Å²) < 4.78 is 0. The normalized spacial score (nSPS) is 9.65. The Bertz CT molecular complexity index is 443. The molecule has 1 aromatic rings. The minimum atomic E-state index is -0.311. The molecule has 0 saturated heterocycles. The first-order chi connectivity index (χ1) is 7.91. The molecule has 90 valence electrons. The Morgan fingerprint density at radius 3 is 1.82 bits per heavy atom. The number of carbonyl (C=O) groups is 2. The molecule has 0 aromatic heterocycles. The highest BCUT2D eigenvalue weighted by atomic mass is 16.1. The van der Waals surface area contributed by atoms with Crippen LogP contribution in [0.15, 0.2) is 29.3 Å². The molecule has 0 N–H and O–H groups in total. The van der Waals surface area contributed by atoms with Gasteiger partial charge in [-0.25, -0.2) is 4.99 Å². The maximum absolute atomic E-state index is 11.2. The van der Waals surface area contributed by atoms with Crippen molar-refractivity contribution in [3.8, 4) is 0 Å². The van der Waals surface area contributed by atoms with E-state index in [1.807, 2.05) is 31.1 Å². The van der Waals surface area contributed by atoms with Gasteiger partial charge in [-0.3, -0.25) is 9.59 Å². The van der Waals surface area contributed by atoms with E-state index in [9.17, 15) is 9.59 Å². The SMILES string of the molecule is CC(=O)C(=Nc1ccc(N(C)C)cc1)C(C)=O. The molecule has 0 amide bonds. The Kier molecular flexibility index (Phi) is 4.15. The molecular weight excluding hydrogens is 216 g/mol. The van der Waals surface area contributed by atoms with Crippen LogP contribution in [0.1, 0.15) is 13.8 Å². The second-order valence-corrected chi connectivity index (χ2v) is 3.98. The van der Waals surface area contributed by atoms with Gasteiger partial charge >= 0.3 is 0 Å². The summed E-state index contributed by atoms with van der Waals surface area (Å²) in [6, 6.07) is 7.33. The lowest BCUT2D eigenvalue weighted by Gasteiger charge is -2.11. The standard InChI is InChI=1S/C13H16N2O2/c1-9(16)13(10(2)17)14-11-5-7-12(8-6-11)15(3)4/h5-8H,1-4H3. The largest absolute Gasteiger partial charge is 0.378 e. The molecule has 0 fully saturated rings. The zero-order valence-corrected chi connectivity index (χ0v) is 10.5. The van der Waals surface area contributed by atoms with Crippen molar-refractivity contribution >= 4 is 28.7 Å². The molecule has 0 bridgehead atoms. The second-order valence-electron chi connectivity index (χ2n) is 3.98. The summed E-state index contributed by atoms with van der Waals surface area (Å²) in [6.45, 7) is 2.68. The number of nitrogens with zero attached hydrogens (tertiary/aromatic N) is 2. The van der Waals surface area contributed by atoms with Crippen LogP contribution in [0.4, 0.5) is 11.4 Å². The number of benzene rings is 1. The third-order valence-electron chi connectivity index (χ3n) is 2.27. The van der Waals surface area contributed by atoms with Gasteiger partial charge in [-0.1, -0.05) is 0 Å². The topological polar surface area (TPSA) is 49.7 Å². The van der Waals surface area contributed by atoms with E-state index in [4.69, 9.17) is 0 Å². The van der Waals surface area contributed by atoms with Gasteiger partial charge in [-0.2, -0.15) is 0 Å². The predicted molar refractivity (Wildman–Crippen MR) is 69.2 cm³/mol. The van der Waals surface area contributed by atoms with Gasteiger partial charge in [0.2, 0.25) is 0 Å². The first kappa shape index (κ1) is 13.1. The number of rotatable bonds is 4. The molecule has 17 heavy (non-hydrogen) atoms. The number of aliphatic imine (C=N–C) groups is 1. The maximum Gasteiger partial charge on any atom is 0.181 e. The van der Waals surface area contributed by atoms with Crippen molar-refractivity contribution in [2.24, 2.45) is 4.99 Å². The first-order valence-corrected chi connectivity index (χ1v) is 5.29. The van der Waals surface area contributed by atoms with Crippen LogP contribution in [0.2, 0.25) is 0 Å². The zero-order chi connectivity index (χ0) is 13.0. The summed E-state index contributed by atoms with van der Waals surface area (Å²) in [5, 5.41) is 0. The molecule has 1 rings (SSSR count). The van der Waals surface area contributed by atoms with Crippen LogP contribution in [0.25, 0.3) is 0 Å². The van der Waals surface area contributed by atoms with Crippen LogP contribution in [0, 0.1) is 0 Å². The predicted octanol–water partition coefficient (Wildman–Crippen LogP) is 2.00. The van der Waals surface area contributed by atoms with Gasteiger partial charge in [0.1, 0.15) is 5.71 Å². The average Bonchev–Trinajstić information content (AvgIpc) is 2.25. The van der Waals surface area contributed by atoms with E-state index in [1.54, 1.807) is 12.1 Å². The van der Waals surface area contributed by atoms with Crippen molar-refractivity contribution in [1.82, 2.24) is 0 Å². The Balaban J connectivity index is 3.05.